The fourth-order valence-electron chi connectivity index (χ4n) is 2.32. The van der Waals surface area contributed by atoms with E-state index in [0.717, 1.165) is 22.9 Å². The Morgan fingerprint density at radius 3 is 2.38 bits per heavy atom. The van der Waals surface area contributed by atoms with Gasteiger partial charge in [-0.3, -0.25) is 4.79 Å². The van der Waals surface area contributed by atoms with Crippen LogP contribution < -0.4 is 5.73 Å². The van der Waals surface area contributed by atoms with E-state index in [1.807, 2.05) is 24.3 Å². The summed E-state index contributed by atoms with van der Waals surface area (Å²) >= 11 is 3.37. The van der Waals surface area contributed by atoms with Crippen LogP contribution in [-0.4, -0.2) is 17.6 Å². The number of halogens is 1. The molecule has 86 valence electrons. The molecular weight excluding hydrogens is 270 g/mol. The van der Waals surface area contributed by atoms with E-state index in [-0.39, 0.29) is 12.0 Å². The van der Waals surface area contributed by atoms with Crippen LogP contribution in [0.5, 0.6) is 0 Å². The molecule has 0 amide bonds. The van der Waals surface area contributed by atoms with Crippen molar-refractivity contribution in [3.05, 3.63) is 34.3 Å². The zero-order valence-electron chi connectivity index (χ0n) is 8.82. The van der Waals surface area contributed by atoms with Gasteiger partial charge in [0.1, 0.15) is 0 Å². The van der Waals surface area contributed by atoms with Crippen LogP contribution in [-0.2, 0) is 10.2 Å². The molecule has 0 bridgehead atoms. The summed E-state index contributed by atoms with van der Waals surface area (Å²) in [6.45, 7) is 0.200. The van der Waals surface area contributed by atoms with Gasteiger partial charge in [-0.1, -0.05) is 28.1 Å². The first kappa shape index (κ1) is 11.6. The van der Waals surface area contributed by atoms with Crippen molar-refractivity contribution in [2.75, 3.05) is 6.54 Å². The molecule has 1 aliphatic carbocycles. The van der Waals surface area contributed by atoms with Gasteiger partial charge >= 0.3 is 5.97 Å². The van der Waals surface area contributed by atoms with E-state index in [0.29, 0.717) is 0 Å². The molecule has 1 atom stereocenters. The molecule has 0 heterocycles. The quantitative estimate of drug-likeness (QED) is 0.890. The summed E-state index contributed by atoms with van der Waals surface area (Å²) in [4.78, 5) is 11.2. The Morgan fingerprint density at radius 1 is 1.44 bits per heavy atom. The highest BCUT2D eigenvalue weighted by Crippen LogP contribution is 2.53. The molecular formula is C12H14BrNO2. The first-order valence-corrected chi connectivity index (χ1v) is 6.08. The molecule has 1 saturated carbocycles. The van der Waals surface area contributed by atoms with Crippen molar-refractivity contribution in [2.45, 2.75) is 18.3 Å². The van der Waals surface area contributed by atoms with Gasteiger partial charge in [0.05, 0.1) is 5.92 Å². The lowest BCUT2D eigenvalue weighted by Crippen LogP contribution is -2.34. The van der Waals surface area contributed by atoms with Crippen LogP contribution in [0.2, 0.25) is 0 Å². The van der Waals surface area contributed by atoms with E-state index in [1.54, 1.807) is 0 Å². The maximum atomic E-state index is 11.2. The van der Waals surface area contributed by atoms with Gasteiger partial charge in [-0.25, -0.2) is 0 Å². The number of hydrogen-bond acceptors (Lipinski definition) is 2. The highest BCUT2D eigenvalue weighted by atomic mass is 79.9. The molecule has 3 N–H and O–H groups in total. The highest BCUT2D eigenvalue weighted by molar-refractivity contribution is 9.10. The molecule has 0 aromatic heterocycles. The summed E-state index contributed by atoms with van der Waals surface area (Å²) in [6, 6.07) is 7.88. The van der Waals surface area contributed by atoms with Crippen molar-refractivity contribution in [2.24, 2.45) is 11.7 Å². The molecule has 0 aliphatic heterocycles. The molecule has 1 aliphatic rings. The Bertz CT molecular complexity index is 398. The summed E-state index contributed by atoms with van der Waals surface area (Å²) in [5, 5.41) is 9.18. The second-order valence-electron chi connectivity index (χ2n) is 4.29. The Kier molecular flexibility index (Phi) is 3.04. The van der Waals surface area contributed by atoms with Crippen molar-refractivity contribution in [1.82, 2.24) is 0 Å². The molecule has 0 radical (unpaired) electrons. The van der Waals surface area contributed by atoms with Crippen molar-refractivity contribution in [1.29, 1.82) is 0 Å². The van der Waals surface area contributed by atoms with Gasteiger partial charge in [0, 0.05) is 16.4 Å². The fraction of sp³-hybridized carbons (Fsp3) is 0.417. The summed E-state index contributed by atoms with van der Waals surface area (Å²) in [7, 11) is 0. The van der Waals surface area contributed by atoms with Crippen molar-refractivity contribution in [3.8, 4) is 0 Å². The van der Waals surface area contributed by atoms with Gasteiger partial charge in [-0.2, -0.15) is 0 Å². The lowest BCUT2D eigenvalue weighted by atomic mass is 9.82. The van der Waals surface area contributed by atoms with Crippen LogP contribution in [0.1, 0.15) is 18.4 Å². The maximum absolute atomic E-state index is 11.2. The Morgan fingerprint density at radius 2 is 2.00 bits per heavy atom. The fourth-order valence-corrected chi connectivity index (χ4v) is 2.58. The molecule has 1 fully saturated rings. The van der Waals surface area contributed by atoms with Crippen molar-refractivity contribution in [3.63, 3.8) is 0 Å². The number of benzene rings is 1. The number of carboxylic acids is 1. The molecule has 0 saturated heterocycles. The Labute approximate surface area is 103 Å². The highest BCUT2D eigenvalue weighted by Gasteiger charge is 2.53. The summed E-state index contributed by atoms with van der Waals surface area (Å²) in [6.07, 6.45) is 1.84. The average molecular weight is 284 g/mol. The number of rotatable bonds is 4. The largest absolute Gasteiger partial charge is 0.481 e. The van der Waals surface area contributed by atoms with E-state index in [2.05, 4.69) is 15.9 Å². The van der Waals surface area contributed by atoms with E-state index >= 15 is 0 Å². The third-order valence-electron chi connectivity index (χ3n) is 3.41. The number of carboxylic acid groups (broad SMARTS) is 1. The number of nitrogens with two attached hydrogens (primary N) is 1. The molecule has 2 rings (SSSR count). The van der Waals surface area contributed by atoms with Gasteiger partial charge in [0.15, 0.2) is 0 Å². The second-order valence-corrected chi connectivity index (χ2v) is 5.21. The van der Waals surface area contributed by atoms with Crippen LogP contribution in [0.3, 0.4) is 0 Å². The molecule has 16 heavy (non-hydrogen) atoms. The predicted molar refractivity (Wildman–Crippen MR) is 65.2 cm³/mol. The third kappa shape index (κ3) is 1.87. The topological polar surface area (TPSA) is 63.3 Å². The van der Waals surface area contributed by atoms with Crippen LogP contribution >= 0.6 is 15.9 Å². The minimum atomic E-state index is -0.789. The zero-order chi connectivity index (χ0) is 11.8. The van der Waals surface area contributed by atoms with Crippen LogP contribution in [0.15, 0.2) is 28.7 Å². The van der Waals surface area contributed by atoms with Crippen LogP contribution in [0.25, 0.3) is 0 Å². The average Bonchev–Trinajstić information content (AvgIpc) is 3.01. The third-order valence-corrected chi connectivity index (χ3v) is 3.94. The maximum Gasteiger partial charge on any atom is 0.308 e. The molecule has 1 unspecified atom stereocenters. The van der Waals surface area contributed by atoms with Gasteiger partial charge in [-0.05, 0) is 30.5 Å². The SMILES string of the molecule is NCC(C(=O)O)C1(c2ccc(Br)cc2)CC1. The molecule has 0 spiro atoms. The number of carbonyl (C=O) groups is 1. The first-order valence-electron chi connectivity index (χ1n) is 5.29. The molecule has 1 aromatic carbocycles. The van der Waals surface area contributed by atoms with Crippen molar-refractivity contribution < 1.29 is 9.90 Å². The van der Waals surface area contributed by atoms with Gasteiger partial charge in [0.25, 0.3) is 0 Å². The molecule has 1 aromatic rings. The van der Waals surface area contributed by atoms with Crippen LogP contribution in [0, 0.1) is 5.92 Å². The number of aliphatic carboxylic acids is 1. The normalized spacial score (nSPS) is 19.1. The summed E-state index contributed by atoms with van der Waals surface area (Å²) in [5.41, 5.74) is 6.45. The van der Waals surface area contributed by atoms with Gasteiger partial charge in [0.2, 0.25) is 0 Å². The smallest absolute Gasteiger partial charge is 0.308 e. The predicted octanol–water partition coefficient (Wildman–Crippen LogP) is 2.14. The Balaban J connectivity index is 2.31. The monoisotopic (exact) mass is 283 g/mol. The first-order chi connectivity index (χ1) is 7.60. The van der Waals surface area contributed by atoms with Crippen molar-refractivity contribution >= 4 is 21.9 Å². The van der Waals surface area contributed by atoms with E-state index in [4.69, 9.17) is 5.73 Å². The summed E-state index contributed by atoms with van der Waals surface area (Å²) < 4.78 is 1.01. The Hall–Kier alpha value is -0.870. The summed E-state index contributed by atoms with van der Waals surface area (Å²) in [5.74, 6) is -1.25. The number of hydrogen-bond donors (Lipinski definition) is 2. The van der Waals surface area contributed by atoms with E-state index < -0.39 is 11.9 Å². The van der Waals surface area contributed by atoms with Gasteiger partial charge in [-0.15, -0.1) is 0 Å². The lowest BCUT2D eigenvalue weighted by Gasteiger charge is -2.22. The minimum absolute atomic E-state index is 0.200. The standard InChI is InChI=1S/C12H14BrNO2/c13-9-3-1-8(2-4-9)12(5-6-12)10(7-14)11(15)16/h1-4,10H,5-7,14H2,(H,15,16). The molecule has 4 heteroatoms. The van der Waals surface area contributed by atoms with E-state index in [1.165, 1.54) is 0 Å². The van der Waals surface area contributed by atoms with E-state index in [9.17, 15) is 9.90 Å². The second kappa shape index (κ2) is 4.18. The molecule has 3 nitrogen and oxygen atoms in total. The zero-order valence-corrected chi connectivity index (χ0v) is 10.4. The van der Waals surface area contributed by atoms with Crippen LogP contribution in [0.4, 0.5) is 0 Å². The minimum Gasteiger partial charge on any atom is -0.481 e. The van der Waals surface area contributed by atoms with Gasteiger partial charge < -0.3 is 10.8 Å². The lowest BCUT2D eigenvalue weighted by molar-refractivity contribution is -0.142.